The van der Waals surface area contributed by atoms with Gasteiger partial charge in [0.25, 0.3) is 0 Å². The summed E-state index contributed by atoms with van der Waals surface area (Å²) in [7, 11) is 19.3. The Morgan fingerprint density at radius 2 is 1.02 bits per heavy atom. The smallest absolute Gasteiger partial charge is 0.351 e. The van der Waals surface area contributed by atoms with E-state index in [-0.39, 0.29) is 121 Å². The second kappa shape index (κ2) is 54.1. The number of amidine groups is 5. The van der Waals surface area contributed by atoms with Crippen LogP contribution >= 0.6 is 13.5 Å². The number of anilines is 1. The van der Waals surface area contributed by atoms with Gasteiger partial charge in [0.2, 0.25) is 0 Å². The fourth-order valence-corrected chi connectivity index (χ4v) is 14.5. The maximum Gasteiger partial charge on any atom is 0.351 e. The number of terminal acetylenes is 1. The Labute approximate surface area is 749 Å². The molecule has 0 amide bonds. The minimum absolute atomic E-state index is 0. The fourth-order valence-electron chi connectivity index (χ4n) is 14.5. The summed E-state index contributed by atoms with van der Waals surface area (Å²) < 4.78 is 107. The van der Waals surface area contributed by atoms with Crippen LogP contribution in [0.3, 0.4) is 0 Å². The molecule has 0 aromatic carbocycles. The van der Waals surface area contributed by atoms with Crippen LogP contribution in [0.25, 0.3) is 0 Å². The van der Waals surface area contributed by atoms with Gasteiger partial charge >= 0.3 is 5.69 Å². The van der Waals surface area contributed by atoms with Crippen molar-refractivity contribution in [2.75, 3.05) is 170 Å². The van der Waals surface area contributed by atoms with E-state index in [0.717, 1.165) is 34.3 Å². The Morgan fingerprint density at radius 1 is 0.563 bits per heavy atom. The predicted molar refractivity (Wildman–Crippen MR) is 486 cm³/mol. The van der Waals surface area contributed by atoms with Crippen LogP contribution in [0, 0.1) is 25.2 Å². The van der Waals surface area contributed by atoms with Gasteiger partial charge in [-0.3, -0.25) is 4.57 Å². The van der Waals surface area contributed by atoms with E-state index in [1.807, 2.05) is 69.2 Å². The van der Waals surface area contributed by atoms with Crippen molar-refractivity contribution < 1.29 is 100 Å². The number of methoxy groups -OCH3 is 12. The number of aryl methyl sites for hydroxylation is 1. The van der Waals surface area contributed by atoms with Crippen LogP contribution in [-0.4, -0.2) is 342 Å². The second-order valence-electron chi connectivity index (χ2n) is 29.6. The monoisotopic (exact) mass is 1800 g/mol. The van der Waals surface area contributed by atoms with E-state index < -0.39 is 48.4 Å². The number of hydrogen-bond acceptors (Lipinski definition) is 40. The van der Waals surface area contributed by atoms with E-state index >= 15 is 0 Å². The zero-order valence-electron chi connectivity index (χ0n) is 74.8. The predicted octanol–water partition coefficient (Wildman–Crippen LogP) is 2.57. The van der Waals surface area contributed by atoms with Gasteiger partial charge in [-0.05, 0) is 41.5 Å². The molecule has 5 fully saturated rings. The van der Waals surface area contributed by atoms with Gasteiger partial charge in [0, 0.05) is 175 Å². The van der Waals surface area contributed by atoms with E-state index in [1.165, 1.54) is 4.57 Å². The molecule has 0 aliphatic carbocycles. The highest BCUT2D eigenvalue weighted by Gasteiger charge is 2.61. The van der Waals surface area contributed by atoms with Gasteiger partial charge in [-0.1, -0.05) is 47.7 Å². The van der Waals surface area contributed by atoms with Crippen LogP contribution in [0.4, 0.5) is 5.82 Å². The highest BCUT2D eigenvalue weighted by molar-refractivity contribution is 7.59. The van der Waals surface area contributed by atoms with E-state index in [0.29, 0.717) is 136 Å². The highest BCUT2D eigenvalue weighted by Crippen LogP contribution is 2.45. The lowest BCUT2D eigenvalue weighted by Gasteiger charge is -2.37. The van der Waals surface area contributed by atoms with Gasteiger partial charge in [-0.2, -0.15) is 18.5 Å². The van der Waals surface area contributed by atoms with Crippen LogP contribution in [0.15, 0.2) is 157 Å². The molecule has 2 bridgehead atoms. The summed E-state index contributed by atoms with van der Waals surface area (Å²) in [6, 6.07) is -0.338. The van der Waals surface area contributed by atoms with Gasteiger partial charge < -0.3 is 165 Å². The third kappa shape index (κ3) is 28.5. The molecular formula is C84H143N19O22S. The van der Waals surface area contributed by atoms with E-state index in [1.54, 1.807) is 119 Å². The minimum Gasteiger partial charge on any atom is -0.396 e. The molecule has 712 valence electrons. The first-order valence-electron chi connectivity index (χ1n) is 39.5. The Kier molecular flexibility index (Phi) is 47.9. The van der Waals surface area contributed by atoms with Gasteiger partial charge in [0.15, 0.2) is 31.1 Å². The number of nitrogen functional groups attached to an aromatic ring is 1. The molecule has 41 nitrogen and oxygen atoms in total. The van der Waals surface area contributed by atoms with Gasteiger partial charge in [-0.25, -0.2) is 29.8 Å². The lowest BCUT2D eigenvalue weighted by molar-refractivity contribution is -0.160. The summed E-state index contributed by atoms with van der Waals surface area (Å²) in [5.74, 6) is 7.38. The first-order chi connectivity index (χ1) is 58.7. The molecule has 0 saturated carbocycles. The lowest BCUT2D eigenvalue weighted by Crippen LogP contribution is -2.53. The molecule has 5 saturated heterocycles. The molecular weight excluding hydrogens is 1660 g/mol. The van der Waals surface area contributed by atoms with Crippen molar-refractivity contribution in [3.63, 3.8) is 0 Å². The number of aliphatic hydroxyl groups excluding tert-OH is 2. The summed E-state index contributed by atoms with van der Waals surface area (Å²) in [6.07, 6.45) is 11.7. The van der Waals surface area contributed by atoms with Crippen molar-refractivity contribution in [2.24, 2.45) is 65.3 Å². The molecule has 4 unspecified atom stereocenters. The number of aliphatic imine (C=N–C) groups is 5. The maximum absolute atomic E-state index is 12.2. The molecule has 1 aromatic heterocycles. The third-order valence-electron chi connectivity index (χ3n) is 21.0. The zero-order chi connectivity index (χ0) is 91.3. The summed E-state index contributed by atoms with van der Waals surface area (Å²) >= 11 is 0. The number of ether oxygens (including phenoxy) is 19. The number of aliphatic hydroxyl groups is 2. The van der Waals surface area contributed by atoms with Gasteiger partial charge in [0.1, 0.15) is 125 Å². The SMILES string of the molecule is C.C.C#CCCO[C@H]1C(OC)[C@@H](COC)O[C@H]1n1cc(C)c(N)nc1=O.C=C1N=C(N)C(C)=CN1C[C@@H](COC)OC.C=C1N=C(N)C(C)=CN1[C@@H](CO)OC(COC)COC.C=C1N=C(N)C(C)=CN1[C@@H]1O[C@@]2(COC)CCO[C@H]1C2OC.C=C1N=C(N)C(C)=CN1[C@@H]1O[C@H](COC)C(CO)[C@@H]1OC.C=C1N=C(N)C(C)=CN1[C@@H]1O[C@H](COC)C(OC)[C@@H]1N.S. The van der Waals surface area contributed by atoms with Crippen LogP contribution in [0.2, 0.25) is 0 Å². The standard InChI is InChI=1S/C16H23N3O5.C15H23N3O4.C14H23N3O4.C13H22N4O3.C13H23N3O4.C11H19N3O2.2CH4.H2S/c1-5-6-7-23-13-12(22-4)11(9-21-3)24-15(13)19-8-10(2)14(17)18-16(19)20;1-9-7-18(10(2)17-13(9)16)14-11-12(20-4)15(22-14,8-19-3)5-6-21-11;1-8-5-17(9(2)16-13(8)15)14-12(20-4)10(6-18)11(21-14)7-19-3;1-7-5-17(8(2)16-12(7)15)13-10(14)11(19-4)9(20-13)6-18-3;1-9-5-16(10(2)15-13(9)14)12(6-17)20-11(7-18-3)8-19-4;1-8-5-14(9(2)13-11(8)12)6-10(16-4)7-15-3;;;/h1,8,11-13,15H,6-7,9H2,2-4H3,(H2,17,18,20);7,11-12,14H,2,5-6,8H2,1,3-4H3,(H2,16,17);5,10-12,14,18H,2,6-7H2,1,3-4H3,(H2,15,16);5,9-11,13H,2,6,14H2,1,3-4H3,(H2,15,16);5,11-12,17H,2,6-8H2,1,3-4H3,(H2,14,15);5,10H,2,6-7H2,1,3-4H3,(H2,12,13);2*1H4;1H2/t11-,12?,13+,15-;11-,12?,14+,15+;10?,11-,12+,14-;9-,10+,11?,13-;12-;10-;;;/m101110.../s1. The van der Waals surface area contributed by atoms with Crippen LogP contribution in [0.1, 0.15) is 74.1 Å². The van der Waals surface area contributed by atoms with E-state index in [4.69, 9.17) is 137 Å². The molecule has 11 heterocycles. The molecule has 1 aromatic rings. The molecule has 42 heteroatoms. The van der Waals surface area contributed by atoms with E-state index in [2.05, 4.69) is 68.8 Å². The number of hydrogen-bond donors (Lipinski definition) is 9. The first kappa shape index (κ1) is 112. The van der Waals surface area contributed by atoms with Crippen molar-refractivity contribution in [2.45, 2.75) is 179 Å². The van der Waals surface area contributed by atoms with Crippen LogP contribution in [-0.2, 0) is 90.0 Å². The highest BCUT2D eigenvalue weighted by atomic mass is 32.1. The number of aromatic nitrogens is 2. The van der Waals surface area contributed by atoms with Crippen molar-refractivity contribution in [1.82, 2.24) is 34.1 Å². The average Bonchev–Trinajstić information content (AvgIpc) is 1.58. The van der Waals surface area contributed by atoms with E-state index in [9.17, 15) is 15.0 Å². The molecule has 16 N–H and O–H groups in total. The quantitative estimate of drug-likeness (QED) is 0.0361. The molecule has 18 atom stereocenters. The Morgan fingerprint density at radius 3 is 1.50 bits per heavy atom. The third-order valence-corrected chi connectivity index (χ3v) is 21.0. The number of nitrogens with zero attached hydrogens (tertiary/aromatic N) is 12. The molecule has 11 rings (SSSR count). The summed E-state index contributed by atoms with van der Waals surface area (Å²) in [5.41, 5.74) is 44.6. The molecule has 0 radical (unpaired) electrons. The summed E-state index contributed by atoms with van der Waals surface area (Å²) in [6.45, 7) is 34.7. The largest absolute Gasteiger partial charge is 0.396 e. The molecule has 10 aliphatic rings. The number of fused-ring (bicyclic) bond motifs is 2. The summed E-state index contributed by atoms with van der Waals surface area (Å²) in [5, 5.41) is 19.2. The summed E-state index contributed by atoms with van der Waals surface area (Å²) in [4.78, 5) is 46.0. The first-order valence-corrected chi connectivity index (χ1v) is 39.5. The average molecular weight is 1800 g/mol. The van der Waals surface area contributed by atoms with Gasteiger partial charge in [0.05, 0.1) is 97.5 Å². The number of rotatable bonds is 33. The number of nitrogens with two attached hydrogens (primary N) is 7. The van der Waals surface area contributed by atoms with Crippen molar-refractivity contribution in [3.8, 4) is 12.3 Å². The zero-order valence-corrected chi connectivity index (χ0v) is 75.8. The molecule has 126 heavy (non-hydrogen) atoms. The fraction of sp³-hybridized carbons (Fsp3) is 0.631. The Hall–Kier alpha value is -8.54. The van der Waals surface area contributed by atoms with Crippen LogP contribution < -0.4 is 45.8 Å². The normalized spacial score (nSPS) is 27.7. The molecule has 0 spiro atoms. The lowest BCUT2D eigenvalue weighted by atomic mass is 9.90. The van der Waals surface area contributed by atoms with Crippen LogP contribution in [0.5, 0.6) is 0 Å². The second-order valence-corrected chi connectivity index (χ2v) is 29.6. The maximum atomic E-state index is 12.2. The Bertz CT molecular complexity index is 4130. The van der Waals surface area contributed by atoms with Gasteiger partial charge in [-0.15, -0.1) is 12.3 Å². The van der Waals surface area contributed by atoms with Crippen molar-refractivity contribution >= 4 is 48.5 Å². The topological polar surface area (TPSA) is 511 Å². The van der Waals surface area contributed by atoms with Crippen molar-refractivity contribution in [1.29, 1.82) is 0 Å². The minimum atomic E-state index is -0.702. The Balaban J connectivity index is 0.000000390. The molecule has 10 aliphatic heterocycles. The van der Waals surface area contributed by atoms with Crippen molar-refractivity contribution in [3.05, 3.63) is 143 Å².